The number of nitrogens with zero attached hydrogens (tertiary/aromatic N) is 4. The Hall–Kier alpha value is -3.02. The first kappa shape index (κ1) is 17.4. The van der Waals surface area contributed by atoms with Gasteiger partial charge in [0.1, 0.15) is 5.71 Å². The van der Waals surface area contributed by atoms with Crippen LogP contribution in [0.4, 0.5) is 5.69 Å². The van der Waals surface area contributed by atoms with Crippen LogP contribution in [0.15, 0.2) is 59.8 Å². The highest BCUT2D eigenvalue weighted by Crippen LogP contribution is 2.34. The molecule has 1 aliphatic heterocycles. The van der Waals surface area contributed by atoms with Crippen molar-refractivity contribution in [3.8, 4) is 0 Å². The number of carbonyl (C=O) groups excluding carboxylic acids is 2. The highest BCUT2D eigenvalue weighted by atomic mass is 16.2. The summed E-state index contributed by atoms with van der Waals surface area (Å²) in [4.78, 5) is 31.9. The summed E-state index contributed by atoms with van der Waals surface area (Å²) >= 11 is 0. The van der Waals surface area contributed by atoms with Gasteiger partial charge in [0.2, 0.25) is 5.91 Å². The van der Waals surface area contributed by atoms with Gasteiger partial charge in [-0.25, -0.2) is 5.01 Å². The van der Waals surface area contributed by atoms with Gasteiger partial charge in [0.15, 0.2) is 0 Å². The predicted molar refractivity (Wildman–Crippen MR) is 103 cm³/mol. The average Bonchev–Trinajstić information content (AvgIpc) is 3.54. The van der Waals surface area contributed by atoms with E-state index in [1.54, 1.807) is 6.20 Å². The Bertz CT molecular complexity index is 862. The summed E-state index contributed by atoms with van der Waals surface area (Å²) in [5.74, 6) is -0.183. The van der Waals surface area contributed by atoms with Crippen LogP contribution < -0.4 is 5.01 Å². The maximum absolute atomic E-state index is 13.3. The monoisotopic (exact) mass is 362 g/mol. The molecule has 1 saturated carbocycles. The first-order valence-electron chi connectivity index (χ1n) is 9.34. The summed E-state index contributed by atoms with van der Waals surface area (Å²) in [6.45, 7) is 2.00. The summed E-state index contributed by atoms with van der Waals surface area (Å²) in [5, 5.41) is 5.78. The molecule has 1 atom stereocenters. The van der Waals surface area contributed by atoms with Crippen molar-refractivity contribution in [2.75, 3.05) is 5.01 Å². The minimum absolute atomic E-state index is 0.0894. The van der Waals surface area contributed by atoms with Crippen molar-refractivity contribution in [1.29, 1.82) is 0 Å². The van der Waals surface area contributed by atoms with Crippen molar-refractivity contribution in [2.45, 2.75) is 44.7 Å². The number of hydrogen-bond acceptors (Lipinski definition) is 4. The van der Waals surface area contributed by atoms with Crippen molar-refractivity contribution in [2.24, 2.45) is 5.10 Å². The van der Waals surface area contributed by atoms with E-state index in [9.17, 15) is 9.59 Å². The first-order valence-corrected chi connectivity index (χ1v) is 9.34. The number of hydrazone groups is 1. The molecule has 2 aromatic rings. The van der Waals surface area contributed by atoms with Crippen LogP contribution in [0.3, 0.4) is 0 Å². The van der Waals surface area contributed by atoms with E-state index in [4.69, 9.17) is 0 Å². The molecular formula is C21H22N4O2. The van der Waals surface area contributed by atoms with Crippen LogP contribution in [0.5, 0.6) is 0 Å². The second-order valence-electron chi connectivity index (χ2n) is 6.96. The van der Waals surface area contributed by atoms with Crippen molar-refractivity contribution in [3.63, 3.8) is 0 Å². The van der Waals surface area contributed by atoms with E-state index in [1.807, 2.05) is 60.4 Å². The number of anilines is 1. The molecule has 6 heteroatoms. The zero-order valence-corrected chi connectivity index (χ0v) is 15.3. The van der Waals surface area contributed by atoms with Crippen LogP contribution in [0, 0.1) is 0 Å². The molecule has 1 fully saturated rings. The third-order valence-electron chi connectivity index (χ3n) is 4.99. The lowest BCUT2D eigenvalue weighted by molar-refractivity contribution is -0.127. The molecule has 4 rings (SSSR count). The summed E-state index contributed by atoms with van der Waals surface area (Å²) in [7, 11) is 0. The molecule has 1 aliphatic carbocycles. The van der Waals surface area contributed by atoms with Crippen LogP contribution in [-0.4, -0.2) is 33.5 Å². The molecule has 6 nitrogen and oxygen atoms in total. The van der Waals surface area contributed by atoms with Gasteiger partial charge in [-0.15, -0.1) is 0 Å². The average molecular weight is 362 g/mol. The molecule has 0 saturated heterocycles. The fraction of sp³-hybridized carbons (Fsp3) is 0.333. The molecule has 0 radical (unpaired) electrons. The number of benzene rings is 1. The lowest BCUT2D eigenvalue weighted by Crippen LogP contribution is -2.43. The number of hydrogen-bond donors (Lipinski definition) is 0. The molecule has 1 aromatic carbocycles. The number of carbonyl (C=O) groups is 2. The minimum atomic E-state index is -0.128. The van der Waals surface area contributed by atoms with Crippen LogP contribution in [-0.2, 0) is 9.59 Å². The predicted octanol–water partition coefficient (Wildman–Crippen LogP) is 3.32. The molecule has 1 aromatic heterocycles. The third kappa shape index (κ3) is 3.60. The van der Waals surface area contributed by atoms with Gasteiger partial charge >= 0.3 is 0 Å². The summed E-state index contributed by atoms with van der Waals surface area (Å²) < 4.78 is 0. The molecule has 1 unspecified atom stereocenters. The molecule has 2 aliphatic rings. The summed E-state index contributed by atoms with van der Waals surface area (Å²) in [5.41, 5.74) is 1.99. The van der Waals surface area contributed by atoms with Crippen molar-refractivity contribution in [3.05, 3.63) is 60.4 Å². The fourth-order valence-corrected chi connectivity index (χ4v) is 3.40. The first-order chi connectivity index (χ1) is 13.1. The Kier molecular flexibility index (Phi) is 4.71. The maximum Gasteiger partial charge on any atom is 0.270 e. The minimum Gasteiger partial charge on any atom is -0.326 e. The largest absolute Gasteiger partial charge is 0.326 e. The quantitative estimate of drug-likeness (QED) is 0.819. The Labute approximate surface area is 158 Å². The van der Waals surface area contributed by atoms with Crippen molar-refractivity contribution in [1.82, 2.24) is 9.88 Å². The zero-order valence-electron chi connectivity index (χ0n) is 15.3. The number of aromatic nitrogens is 1. The maximum atomic E-state index is 13.3. The van der Waals surface area contributed by atoms with Gasteiger partial charge in [-0.1, -0.05) is 24.3 Å². The molecule has 138 valence electrons. The van der Waals surface area contributed by atoms with Crippen molar-refractivity contribution < 1.29 is 9.59 Å². The Morgan fingerprint density at radius 3 is 2.52 bits per heavy atom. The van der Waals surface area contributed by atoms with Crippen LogP contribution in [0.1, 0.15) is 44.3 Å². The number of rotatable bonds is 5. The lowest BCUT2D eigenvalue weighted by atomic mass is 10.1. The normalized spacial score (nSPS) is 18.0. The summed E-state index contributed by atoms with van der Waals surface area (Å²) in [6, 6.07) is 15.1. The molecular weight excluding hydrogens is 340 g/mol. The fourth-order valence-electron chi connectivity index (χ4n) is 3.40. The van der Waals surface area contributed by atoms with Crippen LogP contribution >= 0.6 is 0 Å². The van der Waals surface area contributed by atoms with Crippen molar-refractivity contribution >= 4 is 23.2 Å². The molecule has 0 spiro atoms. The van der Waals surface area contributed by atoms with Gasteiger partial charge in [0.05, 0.1) is 17.4 Å². The van der Waals surface area contributed by atoms with Gasteiger partial charge in [0, 0.05) is 25.1 Å². The van der Waals surface area contributed by atoms with Crippen LogP contribution in [0.25, 0.3) is 0 Å². The number of para-hydroxylation sites is 1. The Morgan fingerprint density at radius 1 is 1.11 bits per heavy atom. The molecule has 0 bridgehead atoms. The van der Waals surface area contributed by atoms with E-state index in [-0.39, 0.29) is 30.3 Å². The number of amides is 2. The molecule has 27 heavy (non-hydrogen) atoms. The Balaban J connectivity index is 1.62. The van der Waals surface area contributed by atoms with E-state index in [1.165, 1.54) is 5.01 Å². The second-order valence-corrected chi connectivity index (χ2v) is 6.96. The number of pyridine rings is 1. The van der Waals surface area contributed by atoms with Gasteiger partial charge in [-0.2, -0.15) is 5.10 Å². The molecule has 0 N–H and O–H groups in total. The van der Waals surface area contributed by atoms with Gasteiger partial charge < -0.3 is 4.90 Å². The van der Waals surface area contributed by atoms with Gasteiger partial charge in [0.25, 0.3) is 5.91 Å². The van der Waals surface area contributed by atoms with E-state index >= 15 is 0 Å². The lowest BCUT2D eigenvalue weighted by Gasteiger charge is -2.31. The smallest absolute Gasteiger partial charge is 0.270 e. The Morgan fingerprint density at radius 2 is 1.85 bits per heavy atom. The highest BCUT2D eigenvalue weighted by molar-refractivity contribution is 6.40. The zero-order chi connectivity index (χ0) is 18.8. The van der Waals surface area contributed by atoms with Crippen LogP contribution in [0.2, 0.25) is 0 Å². The van der Waals surface area contributed by atoms with E-state index < -0.39 is 0 Å². The van der Waals surface area contributed by atoms with E-state index in [0.29, 0.717) is 17.8 Å². The molecule has 2 amide bonds. The topological polar surface area (TPSA) is 65.9 Å². The summed E-state index contributed by atoms with van der Waals surface area (Å²) in [6.07, 6.45) is 4.40. The SMILES string of the molecule is CC(c1ccccn1)N(C(=O)C1=NN(c2ccccc2)C(=O)CC1)C1CC1. The standard InChI is InChI=1S/C21H22N4O2/c1-15(18-9-5-6-14-22-18)24(16-10-11-16)21(27)19-12-13-20(26)25(23-19)17-7-3-2-4-8-17/h2-9,14-16H,10-13H2,1H3. The van der Waals surface area contributed by atoms with E-state index in [0.717, 1.165) is 18.5 Å². The van der Waals surface area contributed by atoms with Gasteiger partial charge in [-0.05, 0) is 44.0 Å². The second kappa shape index (κ2) is 7.31. The highest BCUT2D eigenvalue weighted by Gasteiger charge is 2.39. The third-order valence-corrected chi connectivity index (χ3v) is 4.99. The van der Waals surface area contributed by atoms with Gasteiger partial charge in [-0.3, -0.25) is 14.6 Å². The molecule has 2 heterocycles. The van der Waals surface area contributed by atoms with E-state index in [2.05, 4.69) is 10.1 Å².